The molecule has 2 rings (SSSR count). The van der Waals surface area contributed by atoms with Gasteiger partial charge in [-0.05, 0) is 57.3 Å². The first-order valence-electron chi connectivity index (χ1n) is 7.23. The van der Waals surface area contributed by atoms with Crippen molar-refractivity contribution in [2.45, 2.75) is 31.8 Å². The van der Waals surface area contributed by atoms with Gasteiger partial charge in [-0.2, -0.15) is 11.8 Å². The topological polar surface area (TPSA) is 15.3 Å². The lowest BCUT2D eigenvalue weighted by atomic mass is 9.98. The van der Waals surface area contributed by atoms with E-state index in [9.17, 15) is 0 Å². The molecule has 1 aromatic carbocycles. The zero-order chi connectivity index (χ0) is 13.7. The van der Waals surface area contributed by atoms with Crippen molar-refractivity contribution in [2.24, 2.45) is 0 Å². The van der Waals surface area contributed by atoms with Gasteiger partial charge in [-0.1, -0.05) is 24.3 Å². The van der Waals surface area contributed by atoms with E-state index in [1.54, 1.807) is 0 Å². The van der Waals surface area contributed by atoms with Gasteiger partial charge in [0.1, 0.15) is 0 Å². The first-order chi connectivity index (χ1) is 9.22. The average Bonchev–Trinajstić information content (AvgIpc) is 2.95. The predicted molar refractivity (Wildman–Crippen MR) is 86.0 cm³/mol. The second-order valence-electron chi connectivity index (χ2n) is 5.48. The van der Waals surface area contributed by atoms with Crippen molar-refractivity contribution in [3.05, 3.63) is 35.4 Å². The Kier molecular flexibility index (Phi) is 5.74. The minimum atomic E-state index is 0.470. The molecule has 1 N–H and O–H groups in total. The normalized spacial score (nSPS) is 20.9. The number of thioether (sulfide) groups is 1. The Morgan fingerprint density at radius 3 is 2.84 bits per heavy atom. The Labute approximate surface area is 122 Å². The Balaban J connectivity index is 1.90. The van der Waals surface area contributed by atoms with E-state index < -0.39 is 0 Å². The van der Waals surface area contributed by atoms with E-state index in [1.807, 2.05) is 0 Å². The third kappa shape index (κ3) is 3.98. The quantitative estimate of drug-likeness (QED) is 0.861. The largest absolute Gasteiger partial charge is 0.313 e. The van der Waals surface area contributed by atoms with Crippen LogP contribution >= 0.6 is 11.8 Å². The molecule has 1 aliphatic rings. The van der Waals surface area contributed by atoms with Gasteiger partial charge in [0.05, 0.1) is 0 Å². The molecule has 0 saturated carbocycles. The lowest BCUT2D eigenvalue weighted by Gasteiger charge is -2.26. The molecular weight excluding hydrogens is 252 g/mol. The smallest absolute Gasteiger partial charge is 0.0332 e. The van der Waals surface area contributed by atoms with E-state index in [-0.39, 0.29) is 0 Å². The number of hydrogen-bond donors (Lipinski definition) is 1. The molecule has 3 heteroatoms. The van der Waals surface area contributed by atoms with Gasteiger partial charge in [-0.15, -0.1) is 0 Å². The van der Waals surface area contributed by atoms with Gasteiger partial charge >= 0.3 is 0 Å². The lowest BCUT2D eigenvalue weighted by Crippen LogP contribution is -2.34. The number of nitrogens with zero attached hydrogens (tertiary/aromatic N) is 1. The van der Waals surface area contributed by atoms with Gasteiger partial charge in [0, 0.05) is 17.8 Å². The summed E-state index contributed by atoms with van der Waals surface area (Å²) < 4.78 is 0. The zero-order valence-electron chi connectivity index (χ0n) is 12.4. The minimum absolute atomic E-state index is 0.470. The van der Waals surface area contributed by atoms with E-state index in [0.717, 1.165) is 6.04 Å². The highest BCUT2D eigenvalue weighted by Crippen LogP contribution is 2.24. The van der Waals surface area contributed by atoms with Gasteiger partial charge in [0.15, 0.2) is 0 Å². The van der Waals surface area contributed by atoms with Crippen molar-refractivity contribution in [3.63, 3.8) is 0 Å². The number of benzene rings is 1. The van der Waals surface area contributed by atoms with E-state index in [1.165, 1.54) is 42.0 Å². The molecule has 0 aliphatic carbocycles. The molecule has 2 nitrogen and oxygen atoms in total. The number of hydrogen-bond acceptors (Lipinski definition) is 3. The minimum Gasteiger partial charge on any atom is -0.313 e. The molecule has 1 fully saturated rings. The third-order valence-corrected chi connectivity index (χ3v) is 5.36. The molecule has 1 aromatic rings. The Morgan fingerprint density at radius 1 is 1.42 bits per heavy atom. The maximum Gasteiger partial charge on any atom is 0.0332 e. The second-order valence-corrected chi connectivity index (χ2v) is 6.63. The molecule has 0 radical (unpaired) electrons. The van der Waals surface area contributed by atoms with E-state index in [4.69, 9.17) is 0 Å². The fourth-order valence-electron chi connectivity index (χ4n) is 2.82. The molecule has 106 valence electrons. The van der Waals surface area contributed by atoms with Crippen LogP contribution in [0.5, 0.6) is 0 Å². The van der Waals surface area contributed by atoms with Crippen LogP contribution in [0.4, 0.5) is 0 Å². The van der Waals surface area contributed by atoms with Crippen molar-refractivity contribution in [2.75, 3.05) is 32.1 Å². The lowest BCUT2D eigenvalue weighted by molar-refractivity contribution is 0.248. The molecule has 2 unspecified atom stereocenters. The molecule has 2 atom stereocenters. The van der Waals surface area contributed by atoms with Gasteiger partial charge in [-0.3, -0.25) is 0 Å². The number of aryl methyl sites for hydroxylation is 1. The third-order valence-electron chi connectivity index (χ3n) is 4.21. The monoisotopic (exact) mass is 278 g/mol. The van der Waals surface area contributed by atoms with Crippen LogP contribution in [0.25, 0.3) is 0 Å². The van der Waals surface area contributed by atoms with Crippen molar-refractivity contribution in [3.8, 4) is 0 Å². The molecule has 0 spiro atoms. The Morgan fingerprint density at radius 2 is 2.21 bits per heavy atom. The molecule has 1 aliphatic heterocycles. The van der Waals surface area contributed by atoms with Gasteiger partial charge in [-0.25, -0.2) is 0 Å². The van der Waals surface area contributed by atoms with E-state index >= 15 is 0 Å². The van der Waals surface area contributed by atoms with Crippen LogP contribution in [-0.4, -0.2) is 43.1 Å². The highest BCUT2D eigenvalue weighted by molar-refractivity contribution is 7.99. The molecule has 19 heavy (non-hydrogen) atoms. The highest BCUT2D eigenvalue weighted by atomic mass is 32.2. The van der Waals surface area contributed by atoms with Crippen molar-refractivity contribution < 1.29 is 0 Å². The van der Waals surface area contributed by atoms with Crippen LogP contribution in [0.2, 0.25) is 0 Å². The standard InChI is InChI=1S/C16H26N2S/c1-13-6-4-5-7-15(13)16(17-2)8-10-18(3)14-9-11-19-12-14/h4-7,14,16-17H,8-12H2,1-3H3. The van der Waals surface area contributed by atoms with E-state index in [0.29, 0.717) is 6.04 Å². The van der Waals surface area contributed by atoms with Gasteiger partial charge in [0.2, 0.25) is 0 Å². The van der Waals surface area contributed by atoms with Crippen LogP contribution < -0.4 is 5.32 Å². The second kappa shape index (κ2) is 7.32. The number of nitrogens with one attached hydrogen (secondary N) is 1. The fourth-order valence-corrected chi connectivity index (χ4v) is 4.12. The van der Waals surface area contributed by atoms with Gasteiger partial charge in [0.25, 0.3) is 0 Å². The van der Waals surface area contributed by atoms with Crippen molar-refractivity contribution in [1.29, 1.82) is 0 Å². The maximum atomic E-state index is 3.47. The molecule has 1 saturated heterocycles. The van der Waals surface area contributed by atoms with E-state index in [2.05, 4.69) is 67.3 Å². The summed E-state index contributed by atoms with van der Waals surface area (Å²) >= 11 is 2.09. The van der Waals surface area contributed by atoms with Crippen LogP contribution in [0.15, 0.2) is 24.3 Å². The van der Waals surface area contributed by atoms with Crippen LogP contribution in [-0.2, 0) is 0 Å². The molecular formula is C16H26N2S. The summed E-state index contributed by atoms with van der Waals surface area (Å²) in [4.78, 5) is 2.54. The van der Waals surface area contributed by atoms with Crippen LogP contribution in [0.1, 0.15) is 30.0 Å². The molecule has 0 bridgehead atoms. The van der Waals surface area contributed by atoms with Crippen molar-refractivity contribution >= 4 is 11.8 Å². The average molecular weight is 278 g/mol. The SMILES string of the molecule is CNC(CCN(C)C1CCSC1)c1ccccc1C. The summed E-state index contributed by atoms with van der Waals surface area (Å²) in [6.45, 7) is 3.38. The van der Waals surface area contributed by atoms with Crippen molar-refractivity contribution in [1.82, 2.24) is 10.2 Å². The first-order valence-corrected chi connectivity index (χ1v) is 8.38. The maximum absolute atomic E-state index is 3.47. The Bertz CT molecular complexity index is 388. The molecule has 0 aromatic heterocycles. The zero-order valence-corrected chi connectivity index (χ0v) is 13.2. The molecule has 1 heterocycles. The number of rotatable bonds is 6. The summed E-state index contributed by atoms with van der Waals surface area (Å²) in [6, 6.07) is 9.98. The summed E-state index contributed by atoms with van der Waals surface area (Å²) in [5, 5.41) is 3.47. The Hall–Kier alpha value is -0.510. The first kappa shape index (κ1) is 14.9. The molecule has 0 amide bonds. The fraction of sp³-hybridized carbons (Fsp3) is 0.625. The summed E-state index contributed by atoms with van der Waals surface area (Å²) in [5.74, 6) is 2.65. The summed E-state index contributed by atoms with van der Waals surface area (Å²) in [6.07, 6.45) is 2.54. The summed E-state index contributed by atoms with van der Waals surface area (Å²) in [5.41, 5.74) is 2.83. The van der Waals surface area contributed by atoms with Crippen LogP contribution in [0, 0.1) is 6.92 Å². The predicted octanol–water partition coefficient (Wildman–Crippen LogP) is 3.08. The van der Waals surface area contributed by atoms with Gasteiger partial charge < -0.3 is 10.2 Å². The van der Waals surface area contributed by atoms with Crippen LogP contribution in [0.3, 0.4) is 0 Å². The summed E-state index contributed by atoms with van der Waals surface area (Å²) in [7, 11) is 4.35. The highest BCUT2D eigenvalue weighted by Gasteiger charge is 2.21.